The molecule has 4 rings (SSSR count). The molecule has 1 aromatic carbocycles. The highest BCUT2D eigenvalue weighted by Gasteiger charge is 2.39. The summed E-state index contributed by atoms with van der Waals surface area (Å²) in [7, 11) is 0.281. The topological polar surface area (TPSA) is 70.8 Å². The first-order valence-electron chi connectivity index (χ1n) is 12.2. The molecule has 1 unspecified atom stereocenters. The summed E-state index contributed by atoms with van der Waals surface area (Å²) in [6.07, 6.45) is 0.922. The van der Waals surface area contributed by atoms with Gasteiger partial charge < -0.3 is 24.9 Å². The number of nitrogens with zero attached hydrogens (tertiary/aromatic N) is 5. The van der Waals surface area contributed by atoms with Gasteiger partial charge in [0.15, 0.2) is 8.32 Å². The summed E-state index contributed by atoms with van der Waals surface area (Å²) in [4.78, 5) is 16.3. The molecule has 1 fully saturated rings. The molecule has 0 radical (unpaired) electrons. The molecule has 1 saturated heterocycles. The van der Waals surface area contributed by atoms with Gasteiger partial charge in [-0.2, -0.15) is 9.97 Å². The molecule has 0 amide bonds. The Bertz CT molecular complexity index is 1020. The molecule has 2 aromatic rings. The van der Waals surface area contributed by atoms with Crippen LogP contribution in [0.25, 0.3) is 0 Å². The third kappa shape index (κ3) is 5.58. The van der Waals surface area contributed by atoms with Crippen molar-refractivity contribution < 1.29 is 4.43 Å². The molecule has 3 heterocycles. The summed E-state index contributed by atoms with van der Waals surface area (Å²) in [5, 5.41) is 0.170. The van der Waals surface area contributed by atoms with Crippen LogP contribution in [0.3, 0.4) is 0 Å². The van der Waals surface area contributed by atoms with Gasteiger partial charge in [-0.3, -0.25) is 0 Å². The Morgan fingerprint density at radius 3 is 2.41 bits per heavy atom. The highest BCUT2D eigenvalue weighted by atomic mass is 79.9. The van der Waals surface area contributed by atoms with Gasteiger partial charge in [-0.05, 0) is 54.9 Å². The number of hydrogen-bond donors (Lipinski definition) is 1. The number of benzene rings is 1. The standard InChI is InChI=1S/C25H39BrN6OSi/c1-25(2,3)34(5,6)33-17-21-14-18-7-8-20(26)13-19(18)16-32(21)23-15-22(28-24(27)29-23)31-11-9-30(4)10-12-31/h7-8,13,15,21H,9-12,14,16-17H2,1-6H3,(H2,27,28,29). The predicted molar refractivity (Wildman–Crippen MR) is 147 cm³/mol. The van der Waals surface area contributed by atoms with Crippen LogP contribution >= 0.6 is 15.9 Å². The van der Waals surface area contributed by atoms with Crippen LogP contribution in [0.5, 0.6) is 0 Å². The van der Waals surface area contributed by atoms with Gasteiger partial charge in [-0.1, -0.05) is 42.8 Å². The van der Waals surface area contributed by atoms with Crippen molar-refractivity contribution >= 4 is 41.8 Å². The number of aromatic nitrogens is 2. The molecule has 2 N–H and O–H groups in total. The van der Waals surface area contributed by atoms with E-state index in [1.165, 1.54) is 11.1 Å². The third-order valence-electron chi connectivity index (χ3n) is 7.69. The first kappa shape index (κ1) is 25.4. The van der Waals surface area contributed by atoms with Gasteiger partial charge in [0.05, 0.1) is 12.6 Å². The van der Waals surface area contributed by atoms with Crippen molar-refractivity contribution in [3.8, 4) is 0 Å². The van der Waals surface area contributed by atoms with Crippen molar-refractivity contribution in [2.24, 2.45) is 0 Å². The van der Waals surface area contributed by atoms with Crippen molar-refractivity contribution in [3.05, 3.63) is 39.9 Å². The Morgan fingerprint density at radius 2 is 1.74 bits per heavy atom. The minimum Gasteiger partial charge on any atom is -0.415 e. The Kier molecular flexibility index (Phi) is 7.29. The summed E-state index contributed by atoms with van der Waals surface area (Å²) in [6, 6.07) is 8.90. The van der Waals surface area contributed by atoms with Crippen molar-refractivity contribution in [1.29, 1.82) is 0 Å². The molecule has 2 aliphatic rings. The first-order chi connectivity index (χ1) is 15.9. The Balaban J connectivity index is 1.65. The zero-order valence-electron chi connectivity index (χ0n) is 21.4. The molecule has 0 saturated carbocycles. The van der Waals surface area contributed by atoms with Crippen LogP contribution in [0.2, 0.25) is 18.1 Å². The van der Waals surface area contributed by atoms with Gasteiger partial charge >= 0.3 is 0 Å². The van der Waals surface area contributed by atoms with Crippen molar-refractivity contribution in [2.75, 3.05) is 55.4 Å². The van der Waals surface area contributed by atoms with E-state index in [2.05, 4.69) is 101 Å². The van der Waals surface area contributed by atoms with Gasteiger partial charge in [-0.25, -0.2) is 0 Å². The van der Waals surface area contributed by atoms with E-state index in [-0.39, 0.29) is 11.1 Å². The third-order valence-corrected chi connectivity index (χ3v) is 12.7. The number of fused-ring (bicyclic) bond motifs is 1. The zero-order valence-corrected chi connectivity index (χ0v) is 24.0. The number of rotatable bonds is 5. The molecule has 2 aliphatic heterocycles. The van der Waals surface area contributed by atoms with E-state index in [1.807, 2.05) is 0 Å². The van der Waals surface area contributed by atoms with Crippen molar-refractivity contribution in [1.82, 2.24) is 14.9 Å². The molecule has 0 aliphatic carbocycles. The maximum atomic E-state index is 6.71. The largest absolute Gasteiger partial charge is 0.415 e. The molecule has 34 heavy (non-hydrogen) atoms. The second-order valence-corrected chi connectivity index (χ2v) is 16.9. The van der Waals surface area contributed by atoms with Crippen LogP contribution in [-0.4, -0.2) is 69.1 Å². The molecule has 9 heteroatoms. The number of anilines is 3. The lowest BCUT2D eigenvalue weighted by molar-refractivity contribution is 0.251. The number of nitrogen functional groups attached to an aromatic ring is 1. The summed E-state index contributed by atoms with van der Waals surface area (Å²) in [5.74, 6) is 2.13. The number of likely N-dealkylation sites (N-methyl/N-ethyl adjacent to an activating group) is 1. The fourth-order valence-corrected chi connectivity index (χ4v) is 5.79. The number of halogens is 1. The van der Waals surface area contributed by atoms with Gasteiger partial charge in [0.1, 0.15) is 11.6 Å². The van der Waals surface area contributed by atoms with Crippen LogP contribution < -0.4 is 15.5 Å². The highest BCUT2D eigenvalue weighted by Crippen LogP contribution is 2.38. The minimum atomic E-state index is -1.88. The Labute approximate surface area is 213 Å². The minimum absolute atomic E-state index is 0.170. The van der Waals surface area contributed by atoms with E-state index in [4.69, 9.17) is 15.1 Å². The SMILES string of the molecule is CN1CCN(c2cc(N3Cc4cc(Br)ccc4CC3CO[Si](C)(C)C(C)(C)C)nc(N)n2)CC1. The first-order valence-corrected chi connectivity index (χ1v) is 15.9. The Morgan fingerprint density at radius 1 is 1.06 bits per heavy atom. The smallest absolute Gasteiger partial charge is 0.223 e. The molecule has 1 aromatic heterocycles. The maximum absolute atomic E-state index is 6.71. The summed E-state index contributed by atoms with van der Waals surface area (Å²) < 4.78 is 7.81. The lowest BCUT2D eigenvalue weighted by atomic mass is 9.94. The van der Waals surface area contributed by atoms with E-state index in [1.54, 1.807) is 0 Å². The van der Waals surface area contributed by atoms with Crippen molar-refractivity contribution in [3.63, 3.8) is 0 Å². The molecule has 0 spiro atoms. The van der Waals surface area contributed by atoms with Crippen LogP contribution in [0, 0.1) is 0 Å². The average molecular weight is 548 g/mol. The van der Waals surface area contributed by atoms with E-state index in [0.29, 0.717) is 12.6 Å². The van der Waals surface area contributed by atoms with E-state index >= 15 is 0 Å². The van der Waals surface area contributed by atoms with Crippen LogP contribution in [-0.2, 0) is 17.4 Å². The lowest BCUT2D eigenvalue weighted by Crippen LogP contribution is -2.49. The predicted octanol–water partition coefficient (Wildman–Crippen LogP) is 4.53. The van der Waals surface area contributed by atoms with Crippen LogP contribution in [0.4, 0.5) is 17.6 Å². The zero-order chi connectivity index (χ0) is 24.7. The quantitative estimate of drug-likeness (QED) is 0.552. The van der Waals surface area contributed by atoms with Gasteiger partial charge in [-0.15, -0.1) is 0 Å². The molecular weight excluding hydrogens is 508 g/mol. The maximum Gasteiger partial charge on any atom is 0.223 e. The van der Waals surface area contributed by atoms with Crippen molar-refractivity contribution in [2.45, 2.75) is 57.9 Å². The monoisotopic (exact) mass is 546 g/mol. The average Bonchev–Trinajstić information content (AvgIpc) is 2.76. The Hall–Kier alpha value is -1.68. The number of hydrogen-bond acceptors (Lipinski definition) is 7. The fourth-order valence-electron chi connectivity index (χ4n) is 4.34. The second-order valence-electron chi connectivity index (χ2n) is 11.2. The fraction of sp³-hybridized carbons (Fsp3) is 0.600. The summed E-state index contributed by atoms with van der Waals surface area (Å²) >= 11 is 3.65. The second kappa shape index (κ2) is 9.76. The summed E-state index contributed by atoms with van der Waals surface area (Å²) in [6.45, 7) is 16.9. The molecule has 7 nitrogen and oxygen atoms in total. The van der Waals surface area contributed by atoms with Crippen LogP contribution in [0.15, 0.2) is 28.7 Å². The van der Waals surface area contributed by atoms with E-state index in [9.17, 15) is 0 Å². The van der Waals surface area contributed by atoms with Gasteiger partial charge in [0.2, 0.25) is 5.95 Å². The normalized spacial score (nSPS) is 19.9. The lowest BCUT2D eigenvalue weighted by Gasteiger charge is -2.42. The molecule has 1 atom stereocenters. The number of nitrogens with two attached hydrogens (primary N) is 1. The molecule has 0 bridgehead atoms. The summed E-state index contributed by atoms with van der Waals surface area (Å²) in [5.41, 5.74) is 8.94. The number of piperazine rings is 1. The van der Waals surface area contributed by atoms with E-state index < -0.39 is 8.32 Å². The molecular formula is C25H39BrN6OSi. The highest BCUT2D eigenvalue weighted by molar-refractivity contribution is 9.10. The van der Waals surface area contributed by atoms with Crippen LogP contribution in [0.1, 0.15) is 31.9 Å². The van der Waals surface area contributed by atoms with Gasteiger partial charge in [0, 0.05) is 43.3 Å². The molecule has 186 valence electrons. The van der Waals surface area contributed by atoms with Gasteiger partial charge in [0.25, 0.3) is 0 Å². The van der Waals surface area contributed by atoms with E-state index in [0.717, 1.165) is 55.3 Å².